The molecule has 112 valence electrons. The summed E-state index contributed by atoms with van der Waals surface area (Å²) in [4.78, 5) is 23.9. The number of aryl methyl sites for hydroxylation is 2. The summed E-state index contributed by atoms with van der Waals surface area (Å²) in [6.07, 6.45) is 1.03. The lowest BCUT2D eigenvalue weighted by Crippen LogP contribution is -2.33. The summed E-state index contributed by atoms with van der Waals surface area (Å²) in [6.45, 7) is 3.68. The number of ether oxygens (including phenoxy) is 1. The Morgan fingerprint density at radius 1 is 1.52 bits per heavy atom. The summed E-state index contributed by atoms with van der Waals surface area (Å²) in [5.74, 6) is -1.22. The molecule has 2 aromatic rings. The van der Waals surface area contributed by atoms with E-state index in [1.165, 1.54) is 22.2 Å². The van der Waals surface area contributed by atoms with Crippen molar-refractivity contribution in [2.45, 2.75) is 26.5 Å². The standard InChI is InChI=1S/C13H15N3O4S/c1-8-7-21-9(2)11(8)15-13(19)20-10(12(17)18)6-16-5-3-4-14-16/h3-5,7,10H,6H2,1-2H3,(H,15,19)(H,17,18). The van der Waals surface area contributed by atoms with E-state index >= 15 is 0 Å². The average Bonchev–Trinajstić information content (AvgIpc) is 3.03. The number of rotatable bonds is 5. The van der Waals surface area contributed by atoms with Crippen molar-refractivity contribution in [1.29, 1.82) is 0 Å². The lowest BCUT2D eigenvalue weighted by atomic mass is 10.3. The lowest BCUT2D eigenvalue weighted by Gasteiger charge is -2.14. The molecule has 0 bridgehead atoms. The monoisotopic (exact) mass is 309 g/mol. The third kappa shape index (κ3) is 3.82. The number of hydrogen-bond donors (Lipinski definition) is 2. The number of anilines is 1. The minimum absolute atomic E-state index is 0.0443. The molecule has 2 heterocycles. The van der Waals surface area contributed by atoms with Gasteiger partial charge < -0.3 is 9.84 Å². The van der Waals surface area contributed by atoms with Crippen LogP contribution in [0.3, 0.4) is 0 Å². The van der Waals surface area contributed by atoms with Crippen molar-refractivity contribution >= 4 is 29.1 Å². The number of aliphatic carboxylic acids is 1. The van der Waals surface area contributed by atoms with Gasteiger partial charge in [-0.2, -0.15) is 5.10 Å². The van der Waals surface area contributed by atoms with Crippen molar-refractivity contribution < 1.29 is 19.4 Å². The molecule has 0 radical (unpaired) electrons. The first-order chi connectivity index (χ1) is 9.97. The quantitative estimate of drug-likeness (QED) is 0.883. The molecule has 0 aliphatic carbocycles. The van der Waals surface area contributed by atoms with Gasteiger partial charge in [0.25, 0.3) is 0 Å². The Morgan fingerprint density at radius 2 is 2.29 bits per heavy atom. The first-order valence-corrected chi connectivity index (χ1v) is 7.08. The summed E-state index contributed by atoms with van der Waals surface area (Å²) < 4.78 is 6.36. The normalized spacial score (nSPS) is 11.9. The largest absolute Gasteiger partial charge is 0.478 e. The number of nitrogens with zero attached hydrogens (tertiary/aromatic N) is 2. The zero-order valence-electron chi connectivity index (χ0n) is 11.6. The highest BCUT2D eigenvalue weighted by molar-refractivity contribution is 7.10. The third-order valence-electron chi connectivity index (χ3n) is 2.82. The van der Waals surface area contributed by atoms with E-state index < -0.39 is 18.2 Å². The number of carboxylic acid groups (broad SMARTS) is 1. The van der Waals surface area contributed by atoms with E-state index in [4.69, 9.17) is 9.84 Å². The molecular formula is C13H15N3O4S. The summed E-state index contributed by atoms with van der Waals surface area (Å²) in [7, 11) is 0. The molecular weight excluding hydrogens is 294 g/mol. The number of carbonyl (C=O) groups excluding carboxylic acids is 1. The van der Waals surface area contributed by atoms with Crippen molar-refractivity contribution in [3.8, 4) is 0 Å². The number of carboxylic acids is 1. The van der Waals surface area contributed by atoms with Gasteiger partial charge in [0.05, 0.1) is 12.2 Å². The fraction of sp³-hybridized carbons (Fsp3) is 0.308. The summed E-state index contributed by atoms with van der Waals surface area (Å²) in [6, 6.07) is 1.66. The summed E-state index contributed by atoms with van der Waals surface area (Å²) in [5.41, 5.74) is 1.57. The highest BCUT2D eigenvalue weighted by atomic mass is 32.1. The SMILES string of the molecule is Cc1csc(C)c1NC(=O)OC(Cn1cccn1)C(=O)O. The first-order valence-electron chi connectivity index (χ1n) is 6.20. The molecule has 1 unspecified atom stereocenters. The van der Waals surface area contributed by atoms with Gasteiger partial charge in [-0.15, -0.1) is 11.3 Å². The molecule has 0 fully saturated rings. The van der Waals surface area contributed by atoms with Crippen molar-refractivity contribution in [1.82, 2.24) is 9.78 Å². The zero-order chi connectivity index (χ0) is 15.4. The minimum atomic E-state index is -1.30. The molecule has 2 rings (SSSR count). The predicted octanol–water partition coefficient (Wildman–Crippen LogP) is 2.26. The van der Waals surface area contributed by atoms with Crippen LogP contribution in [0, 0.1) is 13.8 Å². The summed E-state index contributed by atoms with van der Waals surface area (Å²) in [5, 5.41) is 17.5. The van der Waals surface area contributed by atoms with E-state index in [1.807, 2.05) is 19.2 Å². The Labute approximate surface area is 125 Å². The molecule has 0 saturated heterocycles. The lowest BCUT2D eigenvalue weighted by molar-refractivity contribution is -0.147. The molecule has 21 heavy (non-hydrogen) atoms. The second-order valence-corrected chi connectivity index (χ2v) is 5.52. The Hall–Kier alpha value is -2.35. The van der Waals surface area contributed by atoms with Gasteiger partial charge in [-0.1, -0.05) is 0 Å². The molecule has 2 N–H and O–H groups in total. The second-order valence-electron chi connectivity index (χ2n) is 4.44. The molecule has 0 aliphatic rings. The maximum atomic E-state index is 11.8. The molecule has 1 amide bonds. The Bertz CT molecular complexity index is 616. The number of amides is 1. The van der Waals surface area contributed by atoms with Gasteiger partial charge in [0.2, 0.25) is 6.10 Å². The van der Waals surface area contributed by atoms with Gasteiger partial charge in [-0.25, -0.2) is 9.59 Å². The Balaban J connectivity index is 2.00. The smallest absolute Gasteiger partial charge is 0.412 e. The van der Waals surface area contributed by atoms with E-state index in [1.54, 1.807) is 12.3 Å². The van der Waals surface area contributed by atoms with Crippen molar-refractivity contribution in [3.63, 3.8) is 0 Å². The van der Waals surface area contributed by atoms with Gasteiger partial charge in [0, 0.05) is 17.3 Å². The van der Waals surface area contributed by atoms with E-state index in [0.29, 0.717) is 5.69 Å². The number of aromatic nitrogens is 2. The predicted molar refractivity (Wildman–Crippen MR) is 77.5 cm³/mol. The van der Waals surface area contributed by atoms with Crippen LogP contribution in [0.1, 0.15) is 10.4 Å². The van der Waals surface area contributed by atoms with Gasteiger partial charge in [0.15, 0.2) is 0 Å². The average molecular weight is 309 g/mol. The Kier molecular flexibility index (Phi) is 4.59. The number of hydrogen-bond acceptors (Lipinski definition) is 5. The third-order valence-corrected chi connectivity index (χ3v) is 3.85. The van der Waals surface area contributed by atoms with Gasteiger partial charge in [-0.3, -0.25) is 10.00 Å². The van der Waals surface area contributed by atoms with Crippen molar-refractivity contribution in [2.75, 3.05) is 5.32 Å². The number of carbonyl (C=O) groups is 2. The Morgan fingerprint density at radius 3 is 2.81 bits per heavy atom. The van der Waals surface area contributed by atoms with Crippen LogP contribution in [0.15, 0.2) is 23.8 Å². The molecule has 0 aliphatic heterocycles. The molecule has 8 heteroatoms. The maximum absolute atomic E-state index is 11.8. The van der Waals surface area contributed by atoms with E-state index in [-0.39, 0.29) is 6.54 Å². The maximum Gasteiger partial charge on any atom is 0.412 e. The van der Waals surface area contributed by atoms with Crippen LogP contribution < -0.4 is 5.32 Å². The van der Waals surface area contributed by atoms with E-state index in [0.717, 1.165) is 10.4 Å². The van der Waals surface area contributed by atoms with Gasteiger partial charge in [0.1, 0.15) is 0 Å². The molecule has 0 aromatic carbocycles. The van der Waals surface area contributed by atoms with Crippen LogP contribution in [0.25, 0.3) is 0 Å². The highest BCUT2D eigenvalue weighted by Crippen LogP contribution is 2.26. The van der Waals surface area contributed by atoms with E-state index in [9.17, 15) is 9.59 Å². The van der Waals surface area contributed by atoms with Gasteiger partial charge in [-0.05, 0) is 30.9 Å². The number of nitrogens with one attached hydrogen (secondary N) is 1. The molecule has 0 saturated carbocycles. The summed E-state index contributed by atoms with van der Waals surface area (Å²) >= 11 is 1.50. The molecule has 1 atom stereocenters. The van der Waals surface area contributed by atoms with Crippen LogP contribution in [-0.4, -0.2) is 33.1 Å². The van der Waals surface area contributed by atoms with Crippen molar-refractivity contribution in [3.05, 3.63) is 34.3 Å². The topological polar surface area (TPSA) is 93.5 Å². The number of thiophene rings is 1. The second kappa shape index (κ2) is 6.40. The highest BCUT2D eigenvalue weighted by Gasteiger charge is 2.23. The molecule has 0 spiro atoms. The van der Waals surface area contributed by atoms with Crippen molar-refractivity contribution in [2.24, 2.45) is 0 Å². The van der Waals surface area contributed by atoms with Gasteiger partial charge >= 0.3 is 12.1 Å². The fourth-order valence-electron chi connectivity index (χ4n) is 1.76. The van der Waals surface area contributed by atoms with E-state index in [2.05, 4.69) is 10.4 Å². The first kappa shape index (κ1) is 15.0. The van der Waals surface area contributed by atoms with Crippen LogP contribution in [0.5, 0.6) is 0 Å². The minimum Gasteiger partial charge on any atom is -0.478 e. The van der Waals surface area contributed by atoms with Crippen LogP contribution in [0.2, 0.25) is 0 Å². The van der Waals surface area contributed by atoms with Crippen LogP contribution >= 0.6 is 11.3 Å². The van der Waals surface area contributed by atoms with Crippen LogP contribution in [-0.2, 0) is 16.1 Å². The van der Waals surface area contributed by atoms with Crippen LogP contribution in [0.4, 0.5) is 10.5 Å². The molecule has 7 nitrogen and oxygen atoms in total. The zero-order valence-corrected chi connectivity index (χ0v) is 12.4. The molecule has 2 aromatic heterocycles. The fourth-order valence-corrected chi connectivity index (χ4v) is 2.57.